The number of aliphatic hydroxyl groups is 1. The van der Waals surface area contributed by atoms with Gasteiger partial charge in [0.25, 0.3) is 0 Å². The molecule has 1 atom stereocenters. The van der Waals surface area contributed by atoms with E-state index in [1.54, 1.807) is 0 Å². The number of rotatable bonds is 11. The first-order valence-corrected chi connectivity index (χ1v) is 12.1. The lowest BCUT2D eigenvalue weighted by atomic mass is 10.0. The van der Waals surface area contributed by atoms with Gasteiger partial charge in [0.2, 0.25) is 0 Å². The summed E-state index contributed by atoms with van der Waals surface area (Å²) >= 11 is 0. The zero-order valence-corrected chi connectivity index (χ0v) is 20.3. The van der Waals surface area contributed by atoms with Crippen LogP contribution in [0.5, 0.6) is 5.75 Å². The SMILES string of the molecule is Cc1cccc(N(CC(O)COc2ccc(F)cc2C(=O)CCc2ccccc2)c2ccccc2)c1. The molecule has 1 unspecified atom stereocenters. The minimum atomic E-state index is -0.858. The number of halogens is 1. The summed E-state index contributed by atoms with van der Waals surface area (Å²) in [6.45, 7) is 2.27. The predicted octanol–water partition coefficient (Wildman–Crippen LogP) is 6.53. The smallest absolute Gasteiger partial charge is 0.167 e. The number of ketones is 1. The molecule has 0 fully saturated rings. The molecule has 0 aliphatic rings. The second-order valence-corrected chi connectivity index (χ2v) is 8.80. The fourth-order valence-electron chi connectivity index (χ4n) is 4.10. The van der Waals surface area contributed by atoms with Crippen LogP contribution in [-0.4, -0.2) is 30.1 Å². The fraction of sp³-hybridized carbons (Fsp3) is 0.194. The lowest BCUT2D eigenvalue weighted by Gasteiger charge is -2.28. The molecule has 0 amide bonds. The third kappa shape index (κ3) is 6.80. The van der Waals surface area contributed by atoms with Gasteiger partial charge in [-0.1, -0.05) is 60.7 Å². The Kier molecular flexibility index (Phi) is 8.48. The van der Waals surface area contributed by atoms with Crippen molar-refractivity contribution >= 4 is 17.2 Å². The van der Waals surface area contributed by atoms with Crippen molar-refractivity contribution < 1.29 is 19.0 Å². The maximum Gasteiger partial charge on any atom is 0.167 e. The quantitative estimate of drug-likeness (QED) is 0.247. The minimum Gasteiger partial charge on any atom is -0.490 e. The number of carbonyl (C=O) groups excluding carboxylic acids is 1. The van der Waals surface area contributed by atoms with Crippen molar-refractivity contribution in [3.8, 4) is 5.75 Å². The van der Waals surface area contributed by atoms with Crippen LogP contribution in [0.3, 0.4) is 0 Å². The van der Waals surface area contributed by atoms with Crippen molar-refractivity contribution in [2.45, 2.75) is 25.9 Å². The zero-order valence-electron chi connectivity index (χ0n) is 20.3. The number of anilines is 2. The standard InChI is InChI=1S/C31H30FNO3/c1-23-9-8-14-27(19-23)33(26-12-6-3-7-13-26)21-28(34)22-36-31-18-16-25(32)20-29(31)30(35)17-15-24-10-4-2-5-11-24/h2-14,16,18-20,28,34H,15,17,21-22H2,1H3. The molecular weight excluding hydrogens is 453 g/mol. The van der Waals surface area contributed by atoms with Gasteiger partial charge in [-0.15, -0.1) is 0 Å². The van der Waals surface area contributed by atoms with Crippen LogP contribution in [0.2, 0.25) is 0 Å². The number of ether oxygens (including phenoxy) is 1. The number of aryl methyl sites for hydroxylation is 2. The fourth-order valence-corrected chi connectivity index (χ4v) is 4.10. The van der Waals surface area contributed by atoms with Gasteiger partial charge in [-0.25, -0.2) is 4.39 Å². The molecule has 1 N–H and O–H groups in total. The van der Waals surface area contributed by atoms with E-state index in [1.807, 2.05) is 90.7 Å². The maximum atomic E-state index is 14.0. The molecule has 4 aromatic carbocycles. The number of benzene rings is 4. The molecule has 0 radical (unpaired) electrons. The normalized spacial score (nSPS) is 11.6. The summed E-state index contributed by atoms with van der Waals surface area (Å²) in [7, 11) is 0. The van der Waals surface area contributed by atoms with Gasteiger partial charge in [0.05, 0.1) is 12.1 Å². The van der Waals surface area contributed by atoms with Gasteiger partial charge in [-0.05, 0) is 66.9 Å². The average Bonchev–Trinajstić information content (AvgIpc) is 2.90. The van der Waals surface area contributed by atoms with E-state index in [0.29, 0.717) is 6.42 Å². The molecule has 0 aromatic heterocycles. The lowest BCUT2D eigenvalue weighted by molar-refractivity contribution is 0.0960. The summed E-state index contributed by atoms with van der Waals surface area (Å²) in [6.07, 6.45) is -0.0643. The number of hydrogen-bond donors (Lipinski definition) is 1. The first kappa shape index (κ1) is 25.1. The topological polar surface area (TPSA) is 49.8 Å². The Morgan fingerprint density at radius 2 is 1.58 bits per heavy atom. The molecule has 0 bridgehead atoms. The maximum absolute atomic E-state index is 14.0. The molecule has 4 aromatic rings. The summed E-state index contributed by atoms with van der Waals surface area (Å²) in [4.78, 5) is 14.9. The van der Waals surface area contributed by atoms with Gasteiger partial charge >= 0.3 is 0 Å². The van der Waals surface area contributed by atoms with Gasteiger partial charge in [0.15, 0.2) is 5.78 Å². The number of carbonyl (C=O) groups is 1. The van der Waals surface area contributed by atoms with E-state index in [-0.39, 0.29) is 36.7 Å². The minimum absolute atomic E-state index is 0.0419. The molecule has 0 saturated carbocycles. The summed E-state index contributed by atoms with van der Waals surface area (Å²) in [5.41, 5.74) is 4.25. The molecule has 0 spiro atoms. The van der Waals surface area contributed by atoms with E-state index in [2.05, 4.69) is 6.07 Å². The second kappa shape index (κ2) is 12.1. The van der Waals surface area contributed by atoms with Crippen molar-refractivity contribution in [3.05, 3.63) is 126 Å². The van der Waals surface area contributed by atoms with E-state index in [4.69, 9.17) is 4.74 Å². The second-order valence-electron chi connectivity index (χ2n) is 8.80. The van der Waals surface area contributed by atoms with Crippen molar-refractivity contribution in [1.82, 2.24) is 0 Å². The first-order valence-electron chi connectivity index (χ1n) is 12.1. The van der Waals surface area contributed by atoms with Gasteiger partial charge in [-0.2, -0.15) is 0 Å². The molecule has 4 rings (SSSR count). The Balaban J connectivity index is 1.45. The van der Waals surface area contributed by atoms with E-state index >= 15 is 0 Å². The molecule has 5 heteroatoms. The molecule has 36 heavy (non-hydrogen) atoms. The molecular formula is C31H30FNO3. The van der Waals surface area contributed by atoms with Gasteiger partial charge in [0.1, 0.15) is 24.3 Å². The van der Waals surface area contributed by atoms with Crippen LogP contribution < -0.4 is 9.64 Å². The largest absolute Gasteiger partial charge is 0.490 e. The molecule has 4 nitrogen and oxygen atoms in total. The molecule has 0 aliphatic carbocycles. The Labute approximate surface area is 211 Å². The van der Waals surface area contributed by atoms with Crippen LogP contribution in [0.4, 0.5) is 15.8 Å². The number of hydrogen-bond acceptors (Lipinski definition) is 4. The molecule has 184 valence electrons. The zero-order chi connectivity index (χ0) is 25.3. The van der Waals surface area contributed by atoms with E-state index in [1.165, 1.54) is 18.2 Å². The van der Waals surface area contributed by atoms with Crippen molar-refractivity contribution in [3.63, 3.8) is 0 Å². The van der Waals surface area contributed by atoms with Crippen LogP contribution in [-0.2, 0) is 6.42 Å². The first-order chi connectivity index (χ1) is 17.5. The van der Waals surface area contributed by atoms with E-state index in [9.17, 15) is 14.3 Å². The Morgan fingerprint density at radius 3 is 2.31 bits per heavy atom. The molecule has 0 aliphatic heterocycles. The Hall–Kier alpha value is -3.96. The average molecular weight is 484 g/mol. The van der Waals surface area contributed by atoms with E-state index < -0.39 is 11.9 Å². The Bertz CT molecular complexity index is 1280. The van der Waals surface area contributed by atoms with Crippen molar-refractivity contribution in [2.24, 2.45) is 0 Å². The highest BCUT2D eigenvalue weighted by atomic mass is 19.1. The number of Topliss-reactive ketones (excluding diaryl/α,β-unsaturated/α-hetero) is 1. The summed E-state index contributed by atoms with van der Waals surface area (Å²) in [6, 6.07) is 31.5. The van der Waals surface area contributed by atoms with E-state index in [0.717, 1.165) is 22.5 Å². The molecule has 0 heterocycles. The monoisotopic (exact) mass is 483 g/mol. The van der Waals surface area contributed by atoms with Crippen LogP contribution in [0.1, 0.15) is 27.9 Å². The number of nitrogens with zero attached hydrogens (tertiary/aromatic N) is 1. The van der Waals surface area contributed by atoms with Crippen molar-refractivity contribution in [2.75, 3.05) is 18.1 Å². The van der Waals surface area contributed by atoms with Crippen molar-refractivity contribution in [1.29, 1.82) is 0 Å². The highest BCUT2D eigenvalue weighted by molar-refractivity contribution is 5.98. The van der Waals surface area contributed by atoms with Gasteiger partial charge in [-0.3, -0.25) is 4.79 Å². The molecule has 0 saturated heterocycles. The summed E-state index contributed by atoms with van der Waals surface area (Å²) in [5.74, 6) is -0.426. The highest BCUT2D eigenvalue weighted by Gasteiger charge is 2.18. The highest BCUT2D eigenvalue weighted by Crippen LogP contribution is 2.27. The predicted molar refractivity (Wildman–Crippen MR) is 142 cm³/mol. The third-order valence-corrected chi connectivity index (χ3v) is 5.93. The summed E-state index contributed by atoms with van der Waals surface area (Å²) < 4.78 is 19.8. The van der Waals surface area contributed by atoms with Crippen LogP contribution in [0.25, 0.3) is 0 Å². The van der Waals surface area contributed by atoms with Gasteiger partial charge in [0, 0.05) is 17.8 Å². The van der Waals surface area contributed by atoms with Crippen LogP contribution in [0.15, 0.2) is 103 Å². The summed E-state index contributed by atoms with van der Waals surface area (Å²) in [5, 5.41) is 10.9. The van der Waals surface area contributed by atoms with Crippen LogP contribution >= 0.6 is 0 Å². The third-order valence-electron chi connectivity index (χ3n) is 5.93. The number of aliphatic hydroxyl groups excluding tert-OH is 1. The van der Waals surface area contributed by atoms with Gasteiger partial charge < -0.3 is 14.7 Å². The lowest BCUT2D eigenvalue weighted by Crippen LogP contribution is -2.33. The Morgan fingerprint density at radius 1 is 0.889 bits per heavy atom. The van der Waals surface area contributed by atoms with Crippen LogP contribution in [0, 0.1) is 12.7 Å². The number of para-hydroxylation sites is 1.